The molecule has 1 aliphatic rings. The minimum absolute atomic E-state index is 0.00140. The number of benzene rings is 2. The maximum Gasteiger partial charge on any atom is 0.309 e. The fourth-order valence-electron chi connectivity index (χ4n) is 3.29. The third kappa shape index (κ3) is 6.26. The highest BCUT2D eigenvalue weighted by Crippen LogP contribution is 2.22. The van der Waals surface area contributed by atoms with Crippen molar-refractivity contribution >= 4 is 23.6 Å². The lowest BCUT2D eigenvalue weighted by molar-refractivity contribution is -0.149. The lowest BCUT2D eigenvalue weighted by Crippen LogP contribution is -2.40. The fourth-order valence-corrected chi connectivity index (χ4v) is 4.04. The largest absolute Gasteiger partial charge is 0.493 e. The Labute approximate surface area is 176 Å². The smallest absolute Gasteiger partial charge is 0.309 e. The zero-order valence-electron chi connectivity index (χ0n) is 16.7. The van der Waals surface area contributed by atoms with E-state index in [0.717, 1.165) is 11.5 Å². The van der Waals surface area contributed by atoms with E-state index in [-0.39, 0.29) is 17.8 Å². The Morgan fingerprint density at radius 3 is 2.38 bits per heavy atom. The quantitative estimate of drug-likeness (QED) is 0.367. The number of hydrogen-bond donors (Lipinski definition) is 0. The third-order valence-electron chi connectivity index (χ3n) is 4.87. The first-order valence-corrected chi connectivity index (χ1v) is 11.0. The van der Waals surface area contributed by atoms with Crippen LogP contribution < -0.4 is 4.74 Å². The summed E-state index contributed by atoms with van der Waals surface area (Å²) in [5, 5.41) is 0. The van der Waals surface area contributed by atoms with Crippen LogP contribution in [0.15, 0.2) is 59.5 Å². The Balaban J connectivity index is 1.42. The first-order valence-electron chi connectivity index (χ1n) is 10.0. The van der Waals surface area contributed by atoms with Gasteiger partial charge in [-0.15, -0.1) is 11.8 Å². The summed E-state index contributed by atoms with van der Waals surface area (Å²) in [7, 11) is 0. The van der Waals surface area contributed by atoms with Crippen LogP contribution in [0, 0.1) is 5.92 Å². The zero-order chi connectivity index (χ0) is 20.5. The highest BCUT2D eigenvalue weighted by Gasteiger charge is 2.28. The molecule has 5 nitrogen and oxygen atoms in total. The summed E-state index contributed by atoms with van der Waals surface area (Å²) < 4.78 is 10.9. The summed E-state index contributed by atoms with van der Waals surface area (Å²) in [4.78, 5) is 27.6. The Bertz CT molecular complexity index is 786. The van der Waals surface area contributed by atoms with Crippen molar-refractivity contribution in [1.29, 1.82) is 0 Å². The third-order valence-corrected chi connectivity index (χ3v) is 5.84. The van der Waals surface area contributed by atoms with E-state index in [1.54, 1.807) is 23.9 Å². The van der Waals surface area contributed by atoms with Crippen molar-refractivity contribution in [3.63, 3.8) is 0 Å². The fraction of sp³-hybridized carbons (Fsp3) is 0.391. The normalized spacial score (nSPS) is 14.4. The molecule has 0 aromatic heterocycles. The maximum absolute atomic E-state index is 12.7. The molecule has 1 saturated heterocycles. The molecule has 1 heterocycles. The Hall–Kier alpha value is -2.47. The highest BCUT2D eigenvalue weighted by molar-refractivity contribution is 7.99. The van der Waals surface area contributed by atoms with Crippen LogP contribution in [0.4, 0.5) is 0 Å². The number of amides is 1. The number of carbonyl (C=O) groups is 2. The molecular weight excluding hydrogens is 386 g/mol. The second kappa shape index (κ2) is 10.9. The van der Waals surface area contributed by atoms with Gasteiger partial charge in [-0.1, -0.05) is 18.2 Å². The van der Waals surface area contributed by atoms with Gasteiger partial charge in [0.15, 0.2) is 0 Å². The van der Waals surface area contributed by atoms with Gasteiger partial charge in [0, 0.05) is 29.3 Å². The molecule has 1 aliphatic heterocycles. The number of rotatable bonds is 8. The predicted molar refractivity (Wildman–Crippen MR) is 114 cm³/mol. The van der Waals surface area contributed by atoms with Crippen molar-refractivity contribution in [2.45, 2.75) is 24.7 Å². The van der Waals surface area contributed by atoms with E-state index in [1.165, 1.54) is 4.90 Å². The zero-order valence-corrected chi connectivity index (χ0v) is 17.5. The molecule has 1 amide bonds. The van der Waals surface area contributed by atoms with E-state index in [2.05, 4.69) is 12.1 Å². The van der Waals surface area contributed by atoms with E-state index in [4.69, 9.17) is 9.47 Å². The van der Waals surface area contributed by atoms with Gasteiger partial charge in [0.2, 0.25) is 0 Å². The summed E-state index contributed by atoms with van der Waals surface area (Å²) in [6.45, 7) is 3.98. The number of carbonyl (C=O) groups excluding carboxylic acids is 2. The summed E-state index contributed by atoms with van der Waals surface area (Å²) in [5.74, 6) is 1.38. The first-order chi connectivity index (χ1) is 14.2. The summed E-state index contributed by atoms with van der Waals surface area (Å²) >= 11 is 1.75. The van der Waals surface area contributed by atoms with Crippen molar-refractivity contribution in [2.24, 2.45) is 5.92 Å². The molecule has 1 fully saturated rings. The van der Waals surface area contributed by atoms with Crippen LogP contribution in [-0.4, -0.2) is 48.8 Å². The minimum Gasteiger partial charge on any atom is -0.493 e. The maximum atomic E-state index is 12.7. The molecule has 0 saturated carbocycles. The van der Waals surface area contributed by atoms with Crippen molar-refractivity contribution < 1.29 is 19.1 Å². The molecule has 154 valence electrons. The number of piperidine rings is 1. The van der Waals surface area contributed by atoms with Crippen molar-refractivity contribution in [3.8, 4) is 5.75 Å². The van der Waals surface area contributed by atoms with Crippen molar-refractivity contribution in [2.75, 3.05) is 32.1 Å². The Kier molecular flexibility index (Phi) is 7.99. The van der Waals surface area contributed by atoms with E-state index >= 15 is 0 Å². The summed E-state index contributed by atoms with van der Waals surface area (Å²) in [5.41, 5.74) is 0.644. The molecule has 0 radical (unpaired) electrons. The minimum atomic E-state index is -0.147. The Morgan fingerprint density at radius 2 is 1.72 bits per heavy atom. The van der Waals surface area contributed by atoms with Crippen LogP contribution in [0.25, 0.3) is 0 Å². The molecule has 0 N–H and O–H groups in total. The second-order valence-corrected chi connectivity index (χ2v) is 8.02. The van der Waals surface area contributed by atoms with Crippen LogP contribution >= 0.6 is 11.8 Å². The number of ether oxygens (including phenoxy) is 2. The number of esters is 1. The molecule has 0 aliphatic carbocycles. The number of hydrogen-bond acceptors (Lipinski definition) is 5. The van der Waals surface area contributed by atoms with E-state index in [9.17, 15) is 9.59 Å². The summed E-state index contributed by atoms with van der Waals surface area (Å²) in [6, 6.07) is 17.5. The molecule has 3 rings (SSSR count). The number of likely N-dealkylation sites (tertiary alicyclic amines) is 1. The van der Waals surface area contributed by atoms with Gasteiger partial charge in [-0.25, -0.2) is 0 Å². The van der Waals surface area contributed by atoms with Gasteiger partial charge in [0.05, 0.1) is 19.1 Å². The number of thioether (sulfide) groups is 1. The van der Waals surface area contributed by atoms with Gasteiger partial charge >= 0.3 is 5.97 Å². The van der Waals surface area contributed by atoms with Gasteiger partial charge in [-0.3, -0.25) is 9.59 Å². The monoisotopic (exact) mass is 413 g/mol. The van der Waals surface area contributed by atoms with E-state index < -0.39 is 0 Å². The van der Waals surface area contributed by atoms with Gasteiger partial charge < -0.3 is 14.4 Å². The van der Waals surface area contributed by atoms with Crippen LogP contribution in [0.2, 0.25) is 0 Å². The Morgan fingerprint density at radius 1 is 1.03 bits per heavy atom. The molecule has 29 heavy (non-hydrogen) atoms. The standard InChI is InChI=1S/C23H27NO4S/c1-2-27-23(26)19-12-14-24(15-13-19)22(25)18-8-10-20(11-9-18)28-16-17-29-21-6-4-3-5-7-21/h3-11,19H,2,12-17H2,1H3. The van der Waals surface area contributed by atoms with E-state index in [0.29, 0.717) is 44.7 Å². The average Bonchev–Trinajstić information content (AvgIpc) is 2.78. The topological polar surface area (TPSA) is 55.8 Å². The summed E-state index contributed by atoms with van der Waals surface area (Å²) in [6.07, 6.45) is 1.32. The van der Waals surface area contributed by atoms with Gasteiger partial charge in [0.25, 0.3) is 5.91 Å². The van der Waals surface area contributed by atoms with Gasteiger partial charge in [-0.05, 0) is 56.2 Å². The van der Waals surface area contributed by atoms with Crippen LogP contribution in [0.3, 0.4) is 0 Å². The van der Waals surface area contributed by atoms with Crippen molar-refractivity contribution in [3.05, 3.63) is 60.2 Å². The average molecular weight is 414 g/mol. The molecule has 6 heteroatoms. The molecular formula is C23H27NO4S. The molecule has 0 bridgehead atoms. The molecule has 0 atom stereocenters. The second-order valence-electron chi connectivity index (χ2n) is 6.85. The SMILES string of the molecule is CCOC(=O)C1CCN(C(=O)c2ccc(OCCSc3ccccc3)cc2)CC1. The lowest BCUT2D eigenvalue weighted by atomic mass is 9.96. The highest BCUT2D eigenvalue weighted by atomic mass is 32.2. The molecule has 2 aromatic carbocycles. The predicted octanol–water partition coefficient (Wildman–Crippen LogP) is 4.27. The van der Waals surface area contributed by atoms with Crippen LogP contribution in [-0.2, 0) is 9.53 Å². The molecule has 0 spiro atoms. The van der Waals surface area contributed by atoms with Crippen molar-refractivity contribution in [1.82, 2.24) is 4.90 Å². The van der Waals surface area contributed by atoms with Crippen LogP contribution in [0.5, 0.6) is 5.75 Å². The first kappa shape index (κ1) is 21.2. The van der Waals surface area contributed by atoms with Gasteiger partial charge in [-0.2, -0.15) is 0 Å². The number of nitrogens with zero attached hydrogens (tertiary/aromatic N) is 1. The molecule has 0 unspecified atom stereocenters. The lowest BCUT2D eigenvalue weighted by Gasteiger charge is -2.31. The van der Waals surface area contributed by atoms with E-state index in [1.807, 2.05) is 42.2 Å². The van der Waals surface area contributed by atoms with Crippen LogP contribution in [0.1, 0.15) is 30.1 Å². The van der Waals surface area contributed by atoms with Gasteiger partial charge in [0.1, 0.15) is 5.75 Å². The molecule has 2 aromatic rings.